The Morgan fingerprint density at radius 1 is 1.26 bits per heavy atom. The molecule has 1 aromatic heterocycles. The van der Waals surface area contributed by atoms with Crippen LogP contribution in [0.15, 0.2) is 55.1 Å². The van der Waals surface area contributed by atoms with Crippen LogP contribution in [0.1, 0.15) is 31.2 Å². The van der Waals surface area contributed by atoms with Crippen molar-refractivity contribution in [3.63, 3.8) is 0 Å². The molecule has 0 N–H and O–H groups in total. The van der Waals surface area contributed by atoms with Gasteiger partial charge in [0.2, 0.25) is 5.91 Å². The highest BCUT2D eigenvalue weighted by Crippen LogP contribution is 2.21. The average molecular weight is 309 g/mol. The molecule has 120 valence electrons. The number of piperidine rings is 1. The Balaban J connectivity index is 1.61. The molecular formula is C19H23N3O. The summed E-state index contributed by atoms with van der Waals surface area (Å²) in [4.78, 5) is 18.7. The summed E-state index contributed by atoms with van der Waals surface area (Å²) in [7, 11) is 0. The summed E-state index contributed by atoms with van der Waals surface area (Å²) < 4.78 is 2.08. The van der Waals surface area contributed by atoms with Crippen LogP contribution in [0.25, 0.3) is 6.08 Å². The van der Waals surface area contributed by atoms with Gasteiger partial charge in [-0.3, -0.25) is 4.79 Å². The van der Waals surface area contributed by atoms with E-state index in [4.69, 9.17) is 0 Å². The third kappa shape index (κ3) is 4.31. The maximum absolute atomic E-state index is 12.6. The highest BCUT2D eigenvalue weighted by molar-refractivity contribution is 5.92. The van der Waals surface area contributed by atoms with Crippen molar-refractivity contribution < 1.29 is 4.79 Å². The summed E-state index contributed by atoms with van der Waals surface area (Å²) in [5.41, 5.74) is 1.06. The molecular weight excluding hydrogens is 286 g/mol. The third-order valence-electron chi connectivity index (χ3n) is 4.41. The maximum Gasteiger partial charge on any atom is 0.246 e. The summed E-state index contributed by atoms with van der Waals surface area (Å²) in [5.74, 6) is 0.129. The summed E-state index contributed by atoms with van der Waals surface area (Å²) in [5, 5.41) is 0. The Bertz CT molecular complexity index is 634. The van der Waals surface area contributed by atoms with E-state index in [9.17, 15) is 4.79 Å². The van der Waals surface area contributed by atoms with Crippen molar-refractivity contribution in [3.8, 4) is 0 Å². The lowest BCUT2D eigenvalue weighted by molar-refractivity contribution is -0.129. The van der Waals surface area contributed by atoms with Gasteiger partial charge in [-0.1, -0.05) is 30.3 Å². The lowest BCUT2D eigenvalue weighted by Gasteiger charge is -2.35. The number of hydrogen-bond donors (Lipinski definition) is 0. The Morgan fingerprint density at radius 3 is 2.91 bits per heavy atom. The first-order valence-corrected chi connectivity index (χ1v) is 8.32. The Kier molecular flexibility index (Phi) is 5.25. The molecule has 1 saturated heterocycles. The van der Waals surface area contributed by atoms with Crippen molar-refractivity contribution in [2.45, 2.75) is 38.3 Å². The second-order valence-corrected chi connectivity index (χ2v) is 6.01. The SMILES string of the molecule is O=C(/C=C/c1ccccc1)N1CCCCC1CCn1ccnc1. The molecule has 1 atom stereocenters. The zero-order chi connectivity index (χ0) is 15.9. The van der Waals surface area contributed by atoms with Crippen LogP contribution in [-0.4, -0.2) is 32.9 Å². The summed E-state index contributed by atoms with van der Waals surface area (Å²) >= 11 is 0. The molecule has 1 unspecified atom stereocenters. The molecule has 2 aromatic rings. The van der Waals surface area contributed by atoms with Crippen molar-refractivity contribution in [1.82, 2.24) is 14.5 Å². The standard InChI is InChI=1S/C19H23N3O/c23-19(10-9-17-6-2-1-3-7-17)22-13-5-4-8-18(22)11-14-21-15-12-20-16-21/h1-3,6-7,9-10,12,15-16,18H,4-5,8,11,13-14H2/b10-9+. The molecule has 3 rings (SSSR count). The average Bonchev–Trinajstić information content (AvgIpc) is 3.12. The number of imidazole rings is 1. The highest BCUT2D eigenvalue weighted by Gasteiger charge is 2.24. The minimum absolute atomic E-state index is 0.129. The fraction of sp³-hybridized carbons (Fsp3) is 0.368. The van der Waals surface area contributed by atoms with Gasteiger partial charge >= 0.3 is 0 Å². The highest BCUT2D eigenvalue weighted by atomic mass is 16.2. The molecule has 0 aliphatic carbocycles. The van der Waals surface area contributed by atoms with E-state index >= 15 is 0 Å². The molecule has 0 spiro atoms. The normalized spacial score (nSPS) is 18.4. The first kappa shape index (κ1) is 15.5. The quantitative estimate of drug-likeness (QED) is 0.794. The number of benzene rings is 1. The van der Waals surface area contributed by atoms with Gasteiger partial charge in [-0.05, 0) is 37.3 Å². The van der Waals surface area contributed by atoms with Crippen molar-refractivity contribution in [2.75, 3.05) is 6.54 Å². The fourth-order valence-electron chi connectivity index (χ4n) is 3.14. The van der Waals surface area contributed by atoms with Gasteiger partial charge in [-0.25, -0.2) is 4.98 Å². The molecule has 2 heterocycles. The zero-order valence-electron chi connectivity index (χ0n) is 13.3. The predicted octanol–water partition coefficient (Wildman–Crippen LogP) is 3.37. The molecule has 0 saturated carbocycles. The third-order valence-corrected chi connectivity index (χ3v) is 4.41. The lowest BCUT2D eigenvalue weighted by Crippen LogP contribution is -2.43. The molecule has 4 heteroatoms. The number of hydrogen-bond acceptors (Lipinski definition) is 2. The summed E-state index contributed by atoms with van der Waals surface area (Å²) in [6, 6.07) is 10.3. The molecule has 1 aliphatic heterocycles. The van der Waals surface area contributed by atoms with Gasteiger partial charge in [0.25, 0.3) is 0 Å². The van der Waals surface area contributed by atoms with Gasteiger partial charge in [0.1, 0.15) is 0 Å². The number of aryl methyl sites for hydroxylation is 1. The number of likely N-dealkylation sites (tertiary alicyclic amines) is 1. The van der Waals surface area contributed by atoms with Crippen LogP contribution < -0.4 is 0 Å². The molecule has 1 aromatic carbocycles. The van der Waals surface area contributed by atoms with Crippen molar-refractivity contribution >= 4 is 12.0 Å². The monoisotopic (exact) mass is 309 g/mol. The van der Waals surface area contributed by atoms with Gasteiger partial charge < -0.3 is 9.47 Å². The van der Waals surface area contributed by atoms with Crippen molar-refractivity contribution in [1.29, 1.82) is 0 Å². The molecule has 4 nitrogen and oxygen atoms in total. The van der Waals surface area contributed by atoms with Crippen LogP contribution in [0, 0.1) is 0 Å². The Morgan fingerprint density at radius 2 is 2.13 bits per heavy atom. The van der Waals surface area contributed by atoms with Crippen LogP contribution in [0.5, 0.6) is 0 Å². The maximum atomic E-state index is 12.6. The molecule has 0 radical (unpaired) electrons. The summed E-state index contributed by atoms with van der Waals surface area (Å²) in [6.07, 6.45) is 13.6. The van der Waals surface area contributed by atoms with E-state index in [0.717, 1.165) is 37.9 Å². The Labute approximate surface area is 137 Å². The Hall–Kier alpha value is -2.36. The summed E-state index contributed by atoms with van der Waals surface area (Å²) in [6.45, 7) is 1.78. The van der Waals surface area contributed by atoms with Crippen LogP contribution in [0.4, 0.5) is 0 Å². The molecule has 23 heavy (non-hydrogen) atoms. The molecule has 1 amide bonds. The second kappa shape index (κ2) is 7.77. The minimum Gasteiger partial charge on any atom is -0.337 e. The smallest absolute Gasteiger partial charge is 0.246 e. The van der Waals surface area contributed by atoms with Gasteiger partial charge in [-0.15, -0.1) is 0 Å². The topological polar surface area (TPSA) is 38.1 Å². The lowest BCUT2D eigenvalue weighted by atomic mass is 9.99. The van der Waals surface area contributed by atoms with Crippen molar-refractivity contribution in [3.05, 3.63) is 60.7 Å². The first-order valence-electron chi connectivity index (χ1n) is 8.32. The van der Waals surface area contributed by atoms with Gasteiger partial charge in [0.15, 0.2) is 0 Å². The van der Waals surface area contributed by atoms with E-state index in [1.54, 1.807) is 12.3 Å². The number of aromatic nitrogens is 2. The zero-order valence-corrected chi connectivity index (χ0v) is 13.3. The van der Waals surface area contributed by atoms with Crippen LogP contribution in [-0.2, 0) is 11.3 Å². The molecule has 0 bridgehead atoms. The van der Waals surface area contributed by atoms with Crippen LogP contribution >= 0.6 is 0 Å². The van der Waals surface area contributed by atoms with E-state index in [2.05, 4.69) is 9.55 Å². The number of nitrogens with zero attached hydrogens (tertiary/aromatic N) is 3. The number of amides is 1. The van der Waals surface area contributed by atoms with E-state index in [-0.39, 0.29) is 5.91 Å². The largest absolute Gasteiger partial charge is 0.337 e. The van der Waals surface area contributed by atoms with E-state index in [1.807, 2.05) is 53.8 Å². The number of carbonyl (C=O) groups excluding carboxylic acids is 1. The van der Waals surface area contributed by atoms with E-state index in [1.165, 1.54) is 6.42 Å². The number of carbonyl (C=O) groups is 1. The van der Waals surface area contributed by atoms with Gasteiger partial charge in [0, 0.05) is 37.6 Å². The predicted molar refractivity (Wildman–Crippen MR) is 91.7 cm³/mol. The number of rotatable bonds is 5. The second-order valence-electron chi connectivity index (χ2n) is 6.01. The minimum atomic E-state index is 0.129. The van der Waals surface area contributed by atoms with Gasteiger partial charge in [0.05, 0.1) is 6.33 Å². The molecule has 1 fully saturated rings. The molecule has 1 aliphatic rings. The fourth-order valence-corrected chi connectivity index (χ4v) is 3.14. The van der Waals surface area contributed by atoms with Gasteiger partial charge in [-0.2, -0.15) is 0 Å². The van der Waals surface area contributed by atoms with Crippen molar-refractivity contribution in [2.24, 2.45) is 0 Å². The first-order chi connectivity index (χ1) is 11.3. The van der Waals surface area contributed by atoms with E-state index in [0.29, 0.717) is 6.04 Å². The van der Waals surface area contributed by atoms with E-state index < -0.39 is 0 Å². The van der Waals surface area contributed by atoms with Crippen LogP contribution in [0.2, 0.25) is 0 Å². The van der Waals surface area contributed by atoms with Crippen LogP contribution in [0.3, 0.4) is 0 Å².